The van der Waals surface area contributed by atoms with Crippen molar-refractivity contribution >= 4 is 10.0 Å². The lowest BCUT2D eigenvalue weighted by molar-refractivity contribution is 0.240. The largest absolute Gasteiger partial charge is 0.491 e. The highest BCUT2D eigenvalue weighted by Gasteiger charge is 2.14. The lowest BCUT2D eigenvalue weighted by Gasteiger charge is -2.13. The molecule has 3 N–H and O–H groups in total. The van der Waals surface area contributed by atoms with Crippen molar-refractivity contribution in [3.63, 3.8) is 0 Å². The standard InChI is InChI=1S/C12H20N2O3S/c1-9(2)17-12-5-4-11(8-10(12)3)18(15,16)14-7-6-13/h4-5,8-9,14H,6-7,13H2,1-3H3. The first-order chi connectivity index (χ1) is 8.36. The monoisotopic (exact) mass is 272 g/mol. The van der Waals surface area contributed by atoms with Crippen LogP contribution in [0.4, 0.5) is 0 Å². The predicted molar refractivity (Wildman–Crippen MR) is 71.2 cm³/mol. The topological polar surface area (TPSA) is 81.4 Å². The highest BCUT2D eigenvalue weighted by molar-refractivity contribution is 7.89. The van der Waals surface area contributed by atoms with Crippen molar-refractivity contribution in [1.29, 1.82) is 0 Å². The van der Waals surface area contributed by atoms with Crippen LogP contribution < -0.4 is 15.2 Å². The van der Waals surface area contributed by atoms with E-state index in [1.807, 2.05) is 20.8 Å². The molecule has 0 spiro atoms. The molecule has 0 radical (unpaired) electrons. The Morgan fingerprint density at radius 2 is 2.06 bits per heavy atom. The van der Waals surface area contributed by atoms with Crippen LogP contribution in [0.5, 0.6) is 5.75 Å². The molecule has 0 atom stereocenters. The van der Waals surface area contributed by atoms with Crippen LogP contribution in [0, 0.1) is 6.92 Å². The van der Waals surface area contributed by atoms with Gasteiger partial charge in [0.05, 0.1) is 11.0 Å². The summed E-state index contributed by atoms with van der Waals surface area (Å²) in [7, 11) is -3.48. The summed E-state index contributed by atoms with van der Waals surface area (Å²) in [6.45, 7) is 6.16. The third-order valence-electron chi connectivity index (χ3n) is 2.26. The quantitative estimate of drug-likeness (QED) is 0.810. The first-order valence-electron chi connectivity index (χ1n) is 5.84. The van der Waals surface area contributed by atoms with E-state index in [2.05, 4.69) is 4.72 Å². The smallest absolute Gasteiger partial charge is 0.240 e. The van der Waals surface area contributed by atoms with Crippen LogP contribution in [0.2, 0.25) is 0 Å². The lowest BCUT2D eigenvalue weighted by atomic mass is 10.2. The normalized spacial score (nSPS) is 11.8. The number of rotatable bonds is 6. The van der Waals surface area contributed by atoms with Gasteiger partial charge in [-0.25, -0.2) is 13.1 Å². The van der Waals surface area contributed by atoms with E-state index in [1.54, 1.807) is 12.1 Å². The Hall–Kier alpha value is -1.11. The van der Waals surface area contributed by atoms with Crippen molar-refractivity contribution in [2.24, 2.45) is 5.73 Å². The van der Waals surface area contributed by atoms with E-state index >= 15 is 0 Å². The average molecular weight is 272 g/mol. The minimum Gasteiger partial charge on any atom is -0.491 e. The van der Waals surface area contributed by atoms with E-state index in [4.69, 9.17) is 10.5 Å². The molecule has 1 rings (SSSR count). The predicted octanol–water partition coefficient (Wildman–Crippen LogP) is 1.02. The van der Waals surface area contributed by atoms with Gasteiger partial charge in [-0.3, -0.25) is 0 Å². The number of nitrogens with two attached hydrogens (primary N) is 1. The molecule has 1 aromatic rings. The zero-order valence-corrected chi connectivity index (χ0v) is 11.8. The van der Waals surface area contributed by atoms with E-state index in [-0.39, 0.29) is 24.1 Å². The fourth-order valence-corrected chi connectivity index (χ4v) is 2.58. The van der Waals surface area contributed by atoms with Gasteiger partial charge in [0.2, 0.25) is 10.0 Å². The second-order valence-electron chi connectivity index (χ2n) is 4.28. The van der Waals surface area contributed by atoms with Gasteiger partial charge in [-0.1, -0.05) is 0 Å². The maximum atomic E-state index is 11.9. The summed E-state index contributed by atoms with van der Waals surface area (Å²) in [5.41, 5.74) is 6.07. The van der Waals surface area contributed by atoms with Gasteiger partial charge in [0.1, 0.15) is 5.75 Å². The summed E-state index contributed by atoms with van der Waals surface area (Å²) in [5.74, 6) is 0.697. The summed E-state index contributed by atoms with van der Waals surface area (Å²) >= 11 is 0. The van der Waals surface area contributed by atoms with Gasteiger partial charge < -0.3 is 10.5 Å². The molecule has 0 saturated carbocycles. The summed E-state index contributed by atoms with van der Waals surface area (Å²) in [5, 5.41) is 0. The summed E-state index contributed by atoms with van der Waals surface area (Å²) < 4.78 is 31.7. The van der Waals surface area contributed by atoms with Gasteiger partial charge in [0.15, 0.2) is 0 Å². The van der Waals surface area contributed by atoms with Gasteiger partial charge in [-0.15, -0.1) is 0 Å². The van der Waals surface area contributed by atoms with Crippen LogP contribution in [-0.4, -0.2) is 27.6 Å². The Morgan fingerprint density at radius 1 is 1.39 bits per heavy atom. The number of benzene rings is 1. The molecular formula is C12H20N2O3S. The number of sulfonamides is 1. The molecule has 0 fully saturated rings. The molecule has 0 heterocycles. The summed E-state index contributed by atoms with van der Waals surface area (Å²) in [6, 6.07) is 4.80. The minimum atomic E-state index is -3.48. The molecule has 0 aromatic heterocycles. The van der Waals surface area contributed by atoms with Crippen LogP contribution in [0.1, 0.15) is 19.4 Å². The molecular weight excluding hydrogens is 252 g/mol. The van der Waals surface area contributed by atoms with Crippen molar-refractivity contribution in [3.05, 3.63) is 23.8 Å². The SMILES string of the molecule is Cc1cc(S(=O)(=O)NCCN)ccc1OC(C)C. The molecule has 0 aliphatic heterocycles. The fraction of sp³-hybridized carbons (Fsp3) is 0.500. The third-order valence-corrected chi connectivity index (χ3v) is 3.71. The third kappa shape index (κ3) is 3.97. The maximum absolute atomic E-state index is 11.9. The number of hydrogen-bond donors (Lipinski definition) is 2. The number of ether oxygens (including phenoxy) is 1. The second kappa shape index (κ2) is 6.17. The van der Waals surface area contributed by atoms with Crippen molar-refractivity contribution in [2.75, 3.05) is 13.1 Å². The van der Waals surface area contributed by atoms with Crippen molar-refractivity contribution in [2.45, 2.75) is 31.8 Å². The Balaban J connectivity index is 2.97. The average Bonchev–Trinajstić information content (AvgIpc) is 2.28. The summed E-state index contributed by atoms with van der Waals surface area (Å²) in [4.78, 5) is 0.226. The maximum Gasteiger partial charge on any atom is 0.240 e. The summed E-state index contributed by atoms with van der Waals surface area (Å²) in [6.07, 6.45) is 0.0570. The van der Waals surface area contributed by atoms with Crippen molar-refractivity contribution < 1.29 is 13.2 Å². The van der Waals surface area contributed by atoms with E-state index in [1.165, 1.54) is 6.07 Å². The van der Waals surface area contributed by atoms with Crippen molar-refractivity contribution in [1.82, 2.24) is 4.72 Å². The van der Waals surface area contributed by atoms with Crippen LogP contribution >= 0.6 is 0 Å². The Bertz CT molecular complexity index is 498. The number of aryl methyl sites for hydroxylation is 1. The van der Waals surface area contributed by atoms with Crippen LogP contribution in [0.15, 0.2) is 23.1 Å². The molecule has 0 aliphatic carbocycles. The van der Waals surface area contributed by atoms with Gasteiger partial charge in [0.25, 0.3) is 0 Å². The van der Waals surface area contributed by atoms with E-state index in [0.29, 0.717) is 5.75 Å². The molecule has 0 saturated heterocycles. The Kier molecular flexibility index (Phi) is 5.13. The highest BCUT2D eigenvalue weighted by atomic mass is 32.2. The van der Waals surface area contributed by atoms with Gasteiger partial charge >= 0.3 is 0 Å². The Morgan fingerprint density at radius 3 is 2.56 bits per heavy atom. The van der Waals surface area contributed by atoms with Gasteiger partial charge in [-0.2, -0.15) is 0 Å². The van der Waals surface area contributed by atoms with E-state index < -0.39 is 10.0 Å². The molecule has 0 aliphatic rings. The molecule has 1 aromatic carbocycles. The fourth-order valence-electron chi connectivity index (χ4n) is 1.45. The molecule has 5 nitrogen and oxygen atoms in total. The van der Waals surface area contributed by atoms with Crippen LogP contribution in [0.25, 0.3) is 0 Å². The number of nitrogens with one attached hydrogen (secondary N) is 1. The first kappa shape index (κ1) is 14.9. The molecule has 18 heavy (non-hydrogen) atoms. The molecule has 0 unspecified atom stereocenters. The molecule has 6 heteroatoms. The zero-order valence-electron chi connectivity index (χ0n) is 10.9. The lowest BCUT2D eigenvalue weighted by Crippen LogP contribution is -2.29. The van der Waals surface area contributed by atoms with Gasteiger partial charge in [-0.05, 0) is 44.5 Å². The van der Waals surface area contributed by atoms with Crippen LogP contribution in [0.3, 0.4) is 0 Å². The minimum absolute atomic E-state index is 0.0570. The second-order valence-corrected chi connectivity index (χ2v) is 6.05. The van der Waals surface area contributed by atoms with E-state index in [9.17, 15) is 8.42 Å². The first-order valence-corrected chi connectivity index (χ1v) is 7.32. The number of hydrogen-bond acceptors (Lipinski definition) is 4. The molecule has 0 amide bonds. The molecule has 0 bridgehead atoms. The van der Waals surface area contributed by atoms with E-state index in [0.717, 1.165) is 5.56 Å². The van der Waals surface area contributed by atoms with Crippen molar-refractivity contribution in [3.8, 4) is 5.75 Å². The molecule has 102 valence electrons. The highest BCUT2D eigenvalue weighted by Crippen LogP contribution is 2.22. The Labute approximate surface area is 108 Å². The zero-order chi connectivity index (χ0) is 13.8. The van der Waals surface area contributed by atoms with Gasteiger partial charge in [0, 0.05) is 13.1 Å². The van der Waals surface area contributed by atoms with Crippen LogP contribution in [-0.2, 0) is 10.0 Å².